The summed E-state index contributed by atoms with van der Waals surface area (Å²) in [5, 5.41) is 12.5. The van der Waals surface area contributed by atoms with Crippen molar-refractivity contribution in [3.63, 3.8) is 0 Å². The van der Waals surface area contributed by atoms with Gasteiger partial charge in [-0.15, -0.1) is 6.42 Å². The number of amides is 1. The van der Waals surface area contributed by atoms with Crippen molar-refractivity contribution in [2.24, 2.45) is 0 Å². The summed E-state index contributed by atoms with van der Waals surface area (Å²) in [5.41, 5.74) is 2.10. The minimum absolute atomic E-state index is 0.0357. The fourth-order valence-electron chi connectivity index (χ4n) is 2.53. The van der Waals surface area contributed by atoms with E-state index in [0.717, 1.165) is 12.0 Å². The van der Waals surface area contributed by atoms with E-state index in [2.05, 4.69) is 11.2 Å². The highest BCUT2D eigenvalue weighted by Crippen LogP contribution is 2.37. The molecule has 0 spiro atoms. The molecule has 6 heteroatoms. The predicted molar refractivity (Wildman–Crippen MR) is 110 cm³/mol. The maximum atomic E-state index is 12.6. The number of anilines is 1. The Morgan fingerprint density at radius 3 is 2.75 bits per heavy atom. The highest BCUT2D eigenvalue weighted by atomic mass is 35.5. The Balaban J connectivity index is 2.33. The standard InChI is InChI=1S/C22H19ClN2O3/c1-4-10-28-21-18(23)12-15(13-20(21)27-3)11-17(14-24)22(26)25-19-9-7-6-8-16(19)5-2/h1,6-9,11-13H,5,10H2,2-3H3,(H,25,26)/b17-11+. The van der Waals surface area contributed by atoms with Crippen LogP contribution >= 0.6 is 11.6 Å². The predicted octanol–water partition coefficient (Wildman–Crippen LogP) is 4.47. The zero-order valence-corrected chi connectivity index (χ0v) is 16.3. The second-order valence-electron chi connectivity index (χ2n) is 5.66. The first kappa shape index (κ1) is 20.9. The van der Waals surface area contributed by atoms with Crippen molar-refractivity contribution in [1.29, 1.82) is 5.26 Å². The molecule has 0 saturated carbocycles. The number of hydrogen-bond donors (Lipinski definition) is 1. The van der Waals surface area contributed by atoms with Crippen LogP contribution in [-0.2, 0) is 11.2 Å². The molecule has 1 N–H and O–H groups in total. The van der Waals surface area contributed by atoms with Gasteiger partial charge >= 0.3 is 0 Å². The lowest BCUT2D eigenvalue weighted by Crippen LogP contribution is -2.14. The van der Waals surface area contributed by atoms with Gasteiger partial charge in [0, 0.05) is 5.69 Å². The molecular weight excluding hydrogens is 376 g/mol. The number of hydrogen-bond acceptors (Lipinski definition) is 4. The van der Waals surface area contributed by atoms with Crippen molar-refractivity contribution < 1.29 is 14.3 Å². The maximum Gasteiger partial charge on any atom is 0.266 e. The van der Waals surface area contributed by atoms with Gasteiger partial charge in [0.1, 0.15) is 18.2 Å². The highest BCUT2D eigenvalue weighted by Gasteiger charge is 2.15. The van der Waals surface area contributed by atoms with Crippen LogP contribution in [0.5, 0.6) is 11.5 Å². The van der Waals surface area contributed by atoms with Crippen LogP contribution in [-0.4, -0.2) is 19.6 Å². The molecule has 0 aromatic heterocycles. The number of halogens is 1. The molecule has 0 aliphatic heterocycles. The molecule has 2 aromatic rings. The molecule has 0 aliphatic carbocycles. The maximum absolute atomic E-state index is 12.6. The lowest BCUT2D eigenvalue weighted by molar-refractivity contribution is -0.112. The minimum atomic E-state index is -0.508. The van der Waals surface area contributed by atoms with Gasteiger partial charge in [0.05, 0.1) is 12.1 Å². The summed E-state index contributed by atoms with van der Waals surface area (Å²) in [4.78, 5) is 12.6. The van der Waals surface area contributed by atoms with Gasteiger partial charge in [0.25, 0.3) is 5.91 Å². The van der Waals surface area contributed by atoms with E-state index in [-0.39, 0.29) is 17.2 Å². The van der Waals surface area contributed by atoms with Crippen LogP contribution in [0.3, 0.4) is 0 Å². The third-order valence-corrected chi connectivity index (χ3v) is 4.15. The minimum Gasteiger partial charge on any atom is -0.493 e. The molecule has 0 radical (unpaired) electrons. The van der Waals surface area contributed by atoms with Crippen molar-refractivity contribution in [2.45, 2.75) is 13.3 Å². The van der Waals surface area contributed by atoms with Crippen molar-refractivity contribution in [2.75, 3.05) is 19.0 Å². The number of terminal acetylenes is 1. The first-order valence-electron chi connectivity index (χ1n) is 8.48. The van der Waals surface area contributed by atoms with Crippen molar-refractivity contribution >= 4 is 29.3 Å². The second-order valence-corrected chi connectivity index (χ2v) is 6.07. The zero-order valence-electron chi connectivity index (χ0n) is 15.6. The van der Waals surface area contributed by atoms with Crippen LogP contribution in [0.15, 0.2) is 42.0 Å². The summed E-state index contributed by atoms with van der Waals surface area (Å²) in [6.45, 7) is 2.03. The molecular formula is C22H19ClN2O3. The average molecular weight is 395 g/mol. The Labute approximate surface area is 169 Å². The van der Waals surface area contributed by atoms with Gasteiger partial charge in [0.2, 0.25) is 0 Å². The second kappa shape index (κ2) is 10.1. The first-order valence-corrected chi connectivity index (χ1v) is 8.86. The van der Waals surface area contributed by atoms with Gasteiger partial charge in [-0.25, -0.2) is 0 Å². The van der Waals surface area contributed by atoms with E-state index in [9.17, 15) is 10.1 Å². The molecule has 0 heterocycles. The van der Waals surface area contributed by atoms with E-state index in [1.54, 1.807) is 18.2 Å². The summed E-state index contributed by atoms with van der Waals surface area (Å²) in [6, 6.07) is 12.5. The fraction of sp³-hybridized carbons (Fsp3) is 0.182. The largest absolute Gasteiger partial charge is 0.493 e. The van der Waals surface area contributed by atoms with E-state index in [4.69, 9.17) is 27.5 Å². The number of carbonyl (C=O) groups is 1. The van der Waals surface area contributed by atoms with Crippen molar-refractivity contribution in [3.05, 3.63) is 58.1 Å². The van der Waals surface area contributed by atoms with Crippen LogP contribution in [0.2, 0.25) is 5.02 Å². The number of nitrogens with zero attached hydrogens (tertiary/aromatic N) is 1. The summed E-state index contributed by atoms with van der Waals surface area (Å²) in [5.74, 6) is 2.50. The molecule has 0 saturated heterocycles. The van der Waals surface area contributed by atoms with Crippen LogP contribution in [0.4, 0.5) is 5.69 Å². The van der Waals surface area contributed by atoms with Crippen molar-refractivity contribution in [1.82, 2.24) is 0 Å². The van der Waals surface area contributed by atoms with Crippen molar-refractivity contribution in [3.8, 4) is 29.9 Å². The van der Waals surface area contributed by atoms with Crippen LogP contribution in [0.25, 0.3) is 6.08 Å². The van der Waals surface area contributed by atoms with Gasteiger partial charge in [0.15, 0.2) is 11.5 Å². The fourth-order valence-corrected chi connectivity index (χ4v) is 2.81. The van der Waals surface area contributed by atoms with E-state index >= 15 is 0 Å². The first-order chi connectivity index (χ1) is 13.5. The molecule has 1 amide bonds. The third kappa shape index (κ3) is 5.07. The molecule has 0 unspecified atom stereocenters. The molecule has 0 aliphatic rings. The number of aryl methyl sites for hydroxylation is 1. The number of nitriles is 1. The molecule has 142 valence electrons. The number of benzene rings is 2. The number of nitrogens with one attached hydrogen (secondary N) is 1. The zero-order chi connectivity index (χ0) is 20.5. The molecule has 28 heavy (non-hydrogen) atoms. The van der Waals surface area contributed by atoms with E-state index < -0.39 is 5.91 Å². The smallest absolute Gasteiger partial charge is 0.266 e. The number of methoxy groups -OCH3 is 1. The highest BCUT2D eigenvalue weighted by molar-refractivity contribution is 6.32. The SMILES string of the molecule is C#CCOc1c(Cl)cc(/C=C(\C#N)C(=O)Nc2ccccc2CC)cc1OC. The van der Waals surface area contributed by atoms with Gasteiger partial charge in [-0.3, -0.25) is 4.79 Å². The molecule has 0 bridgehead atoms. The Kier molecular flexibility index (Phi) is 7.51. The van der Waals surface area contributed by atoms with Gasteiger partial charge < -0.3 is 14.8 Å². The number of carbonyl (C=O) groups excluding carboxylic acids is 1. The Bertz CT molecular complexity index is 984. The average Bonchev–Trinajstić information content (AvgIpc) is 2.71. The van der Waals surface area contributed by atoms with Crippen LogP contribution in [0, 0.1) is 23.7 Å². The van der Waals surface area contributed by atoms with Gasteiger partial charge in [-0.2, -0.15) is 5.26 Å². The quantitative estimate of drug-likeness (QED) is 0.427. The monoisotopic (exact) mass is 394 g/mol. The third-order valence-electron chi connectivity index (χ3n) is 3.87. The number of rotatable bonds is 7. The summed E-state index contributed by atoms with van der Waals surface area (Å²) >= 11 is 6.24. The number of para-hydroxylation sites is 1. The van der Waals surface area contributed by atoms with E-state index in [0.29, 0.717) is 22.7 Å². The summed E-state index contributed by atoms with van der Waals surface area (Å²) in [7, 11) is 1.46. The molecule has 2 aromatic carbocycles. The Morgan fingerprint density at radius 2 is 2.11 bits per heavy atom. The Morgan fingerprint density at radius 1 is 1.36 bits per heavy atom. The van der Waals surface area contributed by atoms with Crippen LogP contribution in [0.1, 0.15) is 18.1 Å². The topological polar surface area (TPSA) is 71.3 Å². The lowest BCUT2D eigenvalue weighted by atomic mass is 10.1. The normalized spacial score (nSPS) is 10.5. The van der Waals surface area contributed by atoms with Gasteiger partial charge in [-0.1, -0.05) is 42.6 Å². The van der Waals surface area contributed by atoms with Crippen LogP contribution < -0.4 is 14.8 Å². The Hall–Kier alpha value is -3.41. The molecule has 0 atom stereocenters. The molecule has 5 nitrogen and oxygen atoms in total. The lowest BCUT2D eigenvalue weighted by Gasteiger charge is -2.12. The van der Waals surface area contributed by atoms with E-state index in [1.165, 1.54) is 13.2 Å². The molecule has 2 rings (SSSR count). The summed E-state index contributed by atoms with van der Waals surface area (Å²) < 4.78 is 10.7. The number of ether oxygens (including phenoxy) is 2. The summed E-state index contributed by atoms with van der Waals surface area (Å²) in [6.07, 6.45) is 7.39. The van der Waals surface area contributed by atoms with Gasteiger partial charge in [-0.05, 0) is 41.8 Å². The van der Waals surface area contributed by atoms with E-state index in [1.807, 2.05) is 31.2 Å². The molecule has 0 fully saturated rings.